The van der Waals surface area contributed by atoms with Crippen molar-refractivity contribution in [2.45, 2.75) is 6.54 Å². The normalized spacial score (nSPS) is 10.1. The molecule has 1 rings (SSSR count). The summed E-state index contributed by atoms with van der Waals surface area (Å²) in [6.07, 6.45) is 1.80. The highest BCUT2D eigenvalue weighted by Crippen LogP contribution is 1.97. The van der Waals surface area contributed by atoms with E-state index in [4.69, 9.17) is 17.3 Å². The number of nitrogens with one attached hydrogen (secondary N) is 2. The average Bonchev–Trinajstić information content (AvgIpc) is 2.09. The van der Waals surface area contributed by atoms with Gasteiger partial charge < -0.3 is 15.4 Å². The lowest BCUT2D eigenvalue weighted by molar-refractivity contribution is 0.292. The maximum Gasteiger partial charge on any atom is 0.107 e. The predicted octanol–water partition coefficient (Wildman–Crippen LogP) is 0.826. The zero-order valence-electron chi connectivity index (χ0n) is 6.71. The molecule has 0 unspecified atom stereocenters. The Hall–Kier alpha value is -0.710. The zero-order chi connectivity index (χ0) is 8.81. The van der Waals surface area contributed by atoms with Gasteiger partial charge in [0.25, 0.3) is 0 Å². The smallest absolute Gasteiger partial charge is 0.107 e. The topological polar surface area (TPSA) is 48.0 Å². The van der Waals surface area contributed by atoms with E-state index < -0.39 is 0 Å². The molecule has 0 aliphatic heterocycles. The van der Waals surface area contributed by atoms with Gasteiger partial charge in [0.05, 0.1) is 6.61 Å². The van der Waals surface area contributed by atoms with Gasteiger partial charge in [0.1, 0.15) is 4.64 Å². The first kappa shape index (κ1) is 9.38. The Balaban J connectivity index is 2.52. The van der Waals surface area contributed by atoms with Gasteiger partial charge >= 0.3 is 0 Å². The highest BCUT2D eigenvalue weighted by Gasteiger charge is 1.92. The van der Waals surface area contributed by atoms with Crippen molar-refractivity contribution in [2.24, 2.45) is 0 Å². The van der Waals surface area contributed by atoms with Crippen LogP contribution < -0.4 is 5.32 Å². The van der Waals surface area contributed by atoms with Crippen molar-refractivity contribution in [1.82, 2.24) is 10.3 Å². The van der Waals surface area contributed by atoms with Gasteiger partial charge in [0.15, 0.2) is 0 Å². The van der Waals surface area contributed by atoms with Crippen LogP contribution in [0.3, 0.4) is 0 Å². The molecule has 0 aliphatic rings. The number of pyridine rings is 1. The molecule has 0 radical (unpaired) electrons. The predicted molar refractivity (Wildman–Crippen MR) is 50.4 cm³/mol. The summed E-state index contributed by atoms with van der Waals surface area (Å²) in [7, 11) is 0. The van der Waals surface area contributed by atoms with Gasteiger partial charge in [0, 0.05) is 24.8 Å². The van der Waals surface area contributed by atoms with E-state index in [0.717, 1.165) is 10.2 Å². The quantitative estimate of drug-likeness (QED) is 0.480. The molecule has 0 fully saturated rings. The molecule has 0 aromatic carbocycles. The number of hydrogen-bond acceptors (Lipinski definition) is 3. The summed E-state index contributed by atoms with van der Waals surface area (Å²) in [6, 6.07) is 3.87. The summed E-state index contributed by atoms with van der Waals surface area (Å²) in [5.41, 5.74) is 1.06. The summed E-state index contributed by atoms with van der Waals surface area (Å²) in [6.45, 7) is 1.46. The molecule has 0 bridgehead atoms. The average molecular weight is 184 g/mol. The Morgan fingerprint density at radius 1 is 1.58 bits per heavy atom. The minimum absolute atomic E-state index is 0.156. The van der Waals surface area contributed by atoms with Crippen LogP contribution in [-0.4, -0.2) is 23.2 Å². The number of aromatic nitrogens is 1. The molecule has 0 atom stereocenters. The van der Waals surface area contributed by atoms with Gasteiger partial charge in [-0.05, 0) is 6.07 Å². The van der Waals surface area contributed by atoms with Crippen molar-refractivity contribution in [3.05, 3.63) is 28.5 Å². The van der Waals surface area contributed by atoms with Crippen LogP contribution in [0.1, 0.15) is 5.56 Å². The maximum absolute atomic E-state index is 8.52. The van der Waals surface area contributed by atoms with Gasteiger partial charge in [-0.3, -0.25) is 0 Å². The van der Waals surface area contributed by atoms with E-state index in [2.05, 4.69) is 10.3 Å². The minimum Gasteiger partial charge on any atom is -0.395 e. The molecule has 3 nitrogen and oxygen atoms in total. The van der Waals surface area contributed by atoms with Crippen molar-refractivity contribution < 1.29 is 5.11 Å². The van der Waals surface area contributed by atoms with Gasteiger partial charge in [-0.1, -0.05) is 18.3 Å². The number of H-pyrrole nitrogens is 1. The fourth-order valence-corrected chi connectivity index (χ4v) is 1.11. The standard InChI is InChI=1S/C8H12N2OS/c11-5-4-9-6-7-2-1-3-10-8(7)12/h1-3,9,11H,4-6H2,(H,10,12). The van der Waals surface area contributed by atoms with Crippen molar-refractivity contribution in [3.8, 4) is 0 Å². The summed E-state index contributed by atoms with van der Waals surface area (Å²) in [5, 5.41) is 11.6. The maximum atomic E-state index is 8.52. The SMILES string of the molecule is OCCNCc1ccc[nH]c1=S. The van der Waals surface area contributed by atoms with E-state index in [1.165, 1.54) is 0 Å². The highest BCUT2D eigenvalue weighted by molar-refractivity contribution is 7.71. The molecule has 0 spiro atoms. The molecule has 1 heterocycles. The van der Waals surface area contributed by atoms with Crippen LogP contribution in [0, 0.1) is 4.64 Å². The Labute approximate surface area is 76.4 Å². The van der Waals surface area contributed by atoms with E-state index in [-0.39, 0.29) is 6.61 Å². The Morgan fingerprint density at radius 2 is 2.42 bits per heavy atom. The van der Waals surface area contributed by atoms with E-state index in [9.17, 15) is 0 Å². The summed E-state index contributed by atoms with van der Waals surface area (Å²) in [5.74, 6) is 0. The van der Waals surface area contributed by atoms with Gasteiger partial charge in [-0.25, -0.2) is 0 Å². The summed E-state index contributed by atoms with van der Waals surface area (Å²) < 4.78 is 0.753. The molecule has 1 aromatic heterocycles. The Kier molecular flexibility index (Phi) is 3.93. The number of rotatable bonds is 4. The second-order valence-electron chi connectivity index (χ2n) is 2.42. The van der Waals surface area contributed by atoms with E-state index in [1.807, 2.05) is 12.1 Å². The molecule has 66 valence electrons. The second kappa shape index (κ2) is 5.03. The van der Waals surface area contributed by atoms with Crippen LogP contribution in [0.25, 0.3) is 0 Å². The third-order valence-electron chi connectivity index (χ3n) is 1.50. The molecule has 0 aliphatic carbocycles. The summed E-state index contributed by atoms with van der Waals surface area (Å²) in [4.78, 5) is 2.94. The van der Waals surface area contributed by atoms with E-state index in [1.54, 1.807) is 6.20 Å². The molecule has 4 heteroatoms. The minimum atomic E-state index is 0.156. The molecular weight excluding hydrogens is 172 g/mol. The first-order valence-corrected chi connectivity index (χ1v) is 4.23. The third-order valence-corrected chi connectivity index (χ3v) is 1.88. The number of aromatic amines is 1. The van der Waals surface area contributed by atoms with E-state index >= 15 is 0 Å². The lowest BCUT2D eigenvalue weighted by Gasteiger charge is -2.01. The fourth-order valence-electron chi connectivity index (χ4n) is 0.898. The largest absolute Gasteiger partial charge is 0.395 e. The van der Waals surface area contributed by atoms with Crippen molar-refractivity contribution >= 4 is 12.2 Å². The van der Waals surface area contributed by atoms with Crippen LogP contribution >= 0.6 is 12.2 Å². The molecule has 3 N–H and O–H groups in total. The number of hydrogen-bond donors (Lipinski definition) is 3. The molecule has 0 amide bonds. The van der Waals surface area contributed by atoms with Gasteiger partial charge in [-0.15, -0.1) is 0 Å². The monoisotopic (exact) mass is 184 g/mol. The Morgan fingerprint density at radius 3 is 3.08 bits per heavy atom. The molecule has 12 heavy (non-hydrogen) atoms. The molecule has 0 saturated heterocycles. The third kappa shape index (κ3) is 2.73. The molecule has 0 saturated carbocycles. The van der Waals surface area contributed by atoms with E-state index in [0.29, 0.717) is 13.1 Å². The van der Waals surface area contributed by atoms with Crippen molar-refractivity contribution in [3.63, 3.8) is 0 Å². The lowest BCUT2D eigenvalue weighted by atomic mass is 10.3. The van der Waals surface area contributed by atoms with Crippen LogP contribution in [0.4, 0.5) is 0 Å². The number of aliphatic hydroxyl groups excluding tert-OH is 1. The van der Waals surface area contributed by atoms with Crippen molar-refractivity contribution in [2.75, 3.05) is 13.2 Å². The van der Waals surface area contributed by atoms with Crippen LogP contribution in [0.5, 0.6) is 0 Å². The van der Waals surface area contributed by atoms with Crippen molar-refractivity contribution in [1.29, 1.82) is 0 Å². The Bertz CT molecular complexity index is 284. The molecule has 1 aromatic rings. The summed E-state index contributed by atoms with van der Waals surface area (Å²) >= 11 is 5.04. The lowest BCUT2D eigenvalue weighted by Crippen LogP contribution is -2.17. The first-order valence-electron chi connectivity index (χ1n) is 3.83. The fraction of sp³-hybridized carbons (Fsp3) is 0.375. The second-order valence-corrected chi connectivity index (χ2v) is 2.83. The van der Waals surface area contributed by atoms with Crippen LogP contribution in [0.2, 0.25) is 0 Å². The van der Waals surface area contributed by atoms with Crippen LogP contribution in [0.15, 0.2) is 18.3 Å². The number of aliphatic hydroxyl groups is 1. The van der Waals surface area contributed by atoms with Gasteiger partial charge in [-0.2, -0.15) is 0 Å². The highest BCUT2D eigenvalue weighted by atomic mass is 32.1. The zero-order valence-corrected chi connectivity index (χ0v) is 7.53. The van der Waals surface area contributed by atoms with Crippen LogP contribution in [-0.2, 0) is 6.54 Å². The molecular formula is C8H12N2OS. The first-order chi connectivity index (χ1) is 5.84. The van der Waals surface area contributed by atoms with Gasteiger partial charge in [0.2, 0.25) is 0 Å².